The molecule has 0 aliphatic heterocycles. The summed E-state index contributed by atoms with van der Waals surface area (Å²) in [6.07, 6.45) is 0. The lowest BCUT2D eigenvalue weighted by atomic mass is 10.1. The summed E-state index contributed by atoms with van der Waals surface area (Å²) in [7, 11) is 3.44. The van der Waals surface area contributed by atoms with E-state index in [1.807, 2.05) is 48.0 Å². The Morgan fingerprint density at radius 2 is 2.00 bits per heavy atom. The number of carbonyl (C=O) groups is 1. The van der Waals surface area contributed by atoms with Gasteiger partial charge in [-0.25, -0.2) is 0 Å². The lowest BCUT2D eigenvalue weighted by Crippen LogP contribution is -2.04. The van der Waals surface area contributed by atoms with Gasteiger partial charge in [-0.3, -0.25) is 4.79 Å². The summed E-state index contributed by atoms with van der Waals surface area (Å²) >= 11 is 1.34. The first-order chi connectivity index (χ1) is 13.2. The molecular weight excluding hydrogens is 362 g/mol. The highest BCUT2D eigenvalue weighted by atomic mass is 32.2. The van der Waals surface area contributed by atoms with Crippen molar-refractivity contribution in [3.05, 3.63) is 60.2 Å². The number of Topliss-reactive ketones (excluding diaryl/α,β-unsaturated/α-hetero) is 1. The molecule has 0 aliphatic rings. The number of carbonyl (C=O) groups excluding carboxylic acids is 1. The minimum atomic E-state index is 0.00665. The molecule has 4 aromatic rings. The van der Waals surface area contributed by atoms with E-state index in [9.17, 15) is 4.79 Å². The number of benzene rings is 2. The number of fused-ring (bicyclic) bond motifs is 1. The lowest BCUT2D eigenvalue weighted by molar-refractivity contribution is 0.102. The molecule has 2 heterocycles. The number of rotatable bonds is 6. The Balaban J connectivity index is 1.51. The molecule has 27 heavy (non-hydrogen) atoms. The minimum Gasteiger partial charge on any atom is -0.497 e. The van der Waals surface area contributed by atoms with E-state index in [0.29, 0.717) is 28.1 Å². The average Bonchev–Trinajstić information content (AvgIpc) is 3.29. The summed E-state index contributed by atoms with van der Waals surface area (Å²) in [5, 5.41) is 10.1. The molecule has 2 aromatic carbocycles. The third-order valence-electron chi connectivity index (χ3n) is 4.20. The van der Waals surface area contributed by atoms with Gasteiger partial charge in [0.1, 0.15) is 11.3 Å². The highest BCUT2D eigenvalue weighted by Crippen LogP contribution is 2.28. The van der Waals surface area contributed by atoms with Crippen molar-refractivity contribution in [3.8, 4) is 17.3 Å². The van der Waals surface area contributed by atoms with Crippen LogP contribution in [0.2, 0.25) is 0 Å². The smallest absolute Gasteiger partial charge is 0.200 e. The molecule has 0 fully saturated rings. The Morgan fingerprint density at radius 3 is 2.81 bits per heavy atom. The van der Waals surface area contributed by atoms with Gasteiger partial charge in [-0.15, -0.1) is 10.2 Å². The van der Waals surface area contributed by atoms with Crippen LogP contribution >= 0.6 is 11.8 Å². The topological polar surface area (TPSA) is 70.2 Å². The average molecular weight is 379 g/mol. The lowest BCUT2D eigenvalue weighted by Gasteiger charge is -2.04. The summed E-state index contributed by atoms with van der Waals surface area (Å²) in [5.41, 5.74) is 1.42. The van der Waals surface area contributed by atoms with E-state index in [-0.39, 0.29) is 11.5 Å². The second-order valence-electron chi connectivity index (χ2n) is 5.96. The van der Waals surface area contributed by atoms with Crippen molar-refractivity contribution in [1.29, 1.82) is 0 Å². The Hall–Kier alpha value is -3.06. The molecule has 0 unspecified atom stereocenters. The number of furan rings is 1. The van der Waals surface area contributed by atoms with E-state index < -0.39 is 0 Å². The molecule has 0 aliphatic carbocycles. The highest BCUT2D eigenvalue weighted by Gasteiger charge is 2.17. The maximum Gasteiger partial charge on any atom is 0.200 e. The molecule has 136 valence electrons. The number of methoxy groups -OCH3 is 1. The predicted octanol–water partition coefficient (Wildman–Crippen LogP) is 4.21. The number of nitrogens with zero attached hydrogens (tertiary/aromatic N) is 3. The van der Waals surface area contributed by atoms with E-state index in [1.165, 1.54) is 11.8 Å². The van der Waals surface area contributed by atoms with Gasteiger partial charge in [-0.2, -0.15) is 0 Å². The first-order valence-electron chi connectivity index (χ1n) is 8.34. The fourth-order valence-corrected chi connectivity index (χ4v) is 3.56. The van der Waals surface area contributed by atoms with Crippen molar-refractivity contribution in [3.63, 3.8) is 0 Å². The molecule has 4 rings (SSSR count). The van der Waals surface area contributed by atoms with E-state index in [0.717, 1.165) is 11.0 Å². The van der Waals surface area contributed by atoms with Crippen LogP contribution in [0.5, 0.6) is 5.75 Å². The SMILES string of the molecule is COc1cccc(C(=O)CSc2nnc(-c3cc4ccccc4o3)n2C)c1. The molecule has 0 N–H and O–H groups in total. The summed E-state index contributed by atoms with van der Waals surface area (Å²) in [5.74, 6) is 2.21. The maximum atomic E-state index is 12.4. The van der Waals surface area contributed by atoms with Crippen LogP contribution in [0.3, 0.4) is 0 Å². The van der Waals surface area contributed by atoms with Crippen LogP contribution in [0, 0.1) is 0 Å². The predicted molar refractivity (Wildman–Crippen MR) is 104 cm³/mol. The van der Waals surface area contributed by atoms with E-state index in [2.05, 4.69) is 10.2 Å². The second kappa shape index (κ2) is 7.28. The highest BCUT2D eigenvalue weighted by molar-refractivity contribution is 7.99. The second-order valence-corrected chi connectivity index (χ2v) is 6.90. The van der Waals surface area contributed by atoms with Gasteiger partial charge in [0, 0.05) is 18.0 Å². The van der Waals surface area contributed by atoms with Gasteiger partial charge >= 0.3 is 0 Å². The number of aromatic nitrogens is 3. The largest absolute Gasteiger partial charge is 0.497 e. The van der Waals surface area contributed by atoms with Gasteiger partial charge in [-0.1, -0.05) is 42.1 Å². The van der Waals surface area contributed by atoms with E-state index in [1.54, 1.807) is 25.3 Å². The number of hydrogen-bond acceptors (Lipinski definition) is 6. The number of ether oxygens (including phenoxy) is 1. The third kappa shape index (κ3) is 3.46. The van der Waals surface area contributed by atoms with Gasteiger partial charge in [-0.05, 0) is 24.3 Å². The van der Waals surface area contributed by atoms with Gasteiger partial charge in [0.15, 0.2) is 22.5 Å². The van der Waals surface area contributed by atoms with Gasteiger partial charge in [0.2, 0.25) is 0 Å². The van der Waals surface area contributed by atoms with E-state index in [4.69, 9.17) is 9.15 Å². The number of thioether (sulfide) groups is 1. The molecule has 6 nitrogen and oxygen atoms in total. The van der Waals surface area contributed by atoms with Gasteiger partial charge < -0.3 is 13.7 Å². The Labute approximate surface area is 160 Å². The first kappa shape index (κ1) is 17.4. The fourth-order valence-electron chi connectivity index (χ4n) is 2.76. The normalized spacial score (nSPS) is 11.0. The van der Waals surface area contributed by atoms with Crippen molar-refractivity contribution >= 4 is 28.5 Å². The summed E-state index contributed by atoms with van der Waals surface area (Å²) in [6, 6.07) is 16.9. The Morgan fingerprint density at radius 1 is 1.15 bits per heavy atom. The summed E-state index contributed by atoms with van der Waals surface area (Å²) in [4.78, 5) is 12.4. The van der Waals surface area contributed by atoms with Crippen LogP contribution in [0.25, 0.3) is 22.6 Å². The standard InChI is InChI=1S/C20H17N3O3S/c1-23-19(18-11-14-6-3-4-9-17(14)26-18)21-22-20(23)27-12-16(24)13-7-5-8-15(10-13)25-2/h3-11H,12H2,1-2H3. The molecule has 0 radical (unpaired) electrons. The van der Waals surface area contributed by atoms with Crippen LogP contribution in [0.1, 0.15) is 10.4 Å². The summed E-state index contributed by atoms with van der Waals surface area (Å²) < 4.78 is 12.9. The first-order valence-corrected chi connectivity index (χ1v) is 9.32. The number of ketones is 1. The summed E-state index contributed by atoms with van der Waals surface area (Å²) in [6.45, 7) is 0. The zero-order valence-corrected chi connectivity index (χ0v) is 15.7. The van der Waals surface area contributed by atoms with Gasteiger partial charge in [0.05, 0.1) is 12.9 Å². The molecule has 7 heteroatoms. The van der Waals surface area contributed by atoms with Crippen LogP contribution in [-0.4, -0.2) is 33.4 Å². The molecule has 0 amide bonds. The van der Waals surface area contributed by atoms with Crippen LogP contribution in [-0.2, 0) is 7.05 Å². The molecule has 0 spiro atoms. The van der Waals surface area contributed by atoms with Crippen molar-refractivity contribution in [2.24, 2.45) is 7.05 Å². The van der Waals surface area contributed by atoms with Crippen molar-refractivity contribution in [2.75, 3.05) is 12.9 Å². The number of para-hydroxylation sites is 1. The van der Waals surface area contributed by atoms with Crippen LogP contribution in [0.4, 0.5) is 0 Å². The number of hydrogen-bond donors (Lipinski definition) is 0. The molecule has 2 aromatic heterocycles. The van der Waals surface area contributed by atoms with Crippen molar-refractivity contribution in [1.82, 2.24) is 14.8 Å². The molecular formula is C20H17N3O3S. The van der Waals surface area contributed by atoms with Crippen molar-refractivity contribution in [2.45, 2.75) is 5.16 Å². The quantitative estimate of drug-likeness (QED) is 0.369. The Kier molecular flexibility index (Phi) is 4.68. The molecule has 0 saturated carbocycles. The molecule has 0 bridgehead atoms. The monoisotopic (exact) mass is 379 g/mol. The zero-order valence-electron chi connectivity index (χ0n) is 14.9. The Bertz CT molecular complexity index is 1080. The van der Waals surface area contributed by atoms with Gasteiger partial charge in [0.25, 0.3) is 0 Å². The third-order valence-corrected chi connectivity index (χ3v) is 5.23. The fraction of sp³-hybridized carbons (Fsp3) is 0.150. The zero-order chi connectivity index (χ0) is 18.8. The van der Waals surface area contributed by atoms with E-state index >= 15 is 0 Å². The molecule has 0 saturated heterocycles. The van der Waals surface area contributed by atoms with Crippen LogP contribution < -0.4 is 4.74 Å². The minimum absolute atomic E-state index is 0.00665. The van der Waals surface area contributed by atoms with Crippen LogP contribution in [0.15, 0.2) is 64.2 Å². The molecule has 0 atom stereocenters. The van der Waals surface area contributed by atoms with Crippen molar-refractivity contribution < 1.29 is 13.9 Å². The maximum absolute atomic E-state index is 12.4.